The zero-order valence-electron chi connectivity index (χ0n) is 10.2. The normalized spacial score (nSPS) is 15.5. The third-order valence-corrected chi connectivity index (χ3v) is 3.02. The molecule has 0 bridgehead atoms. The zero-order chi connectivity index (χ0) is 14.3. The Bertz CT molecular complexity index is 736. The average Bonchev–Trinajstić information content (AvgIpc) is 2.83. The monoisotopic (exact) mass is 274 g/mol. The fourth-order valence-electron chi connectivity index (χ4n) is 2.10. The van der Waals surface area contributed by atoms with E-state index in [0.717, 1.165) is 0 Å². The van der Waals surface area contributed by atoms with E-state index in [9.17, 15) is 14.4 Å². The molecule has 3 amide bonds. The lowest BCUT2D eigenvalue weighted by atomic mass is 10.3. The fraction of sp³-hybridized carbons (Fsp3) is 0.167. The van der Waals surface area contributed by atoms with Crippen molar-refractivity contribution >= 4 is 29.4 Å². The molecule has 1 fully saturated rings. The third-order valence-electron chi connectivity index (χ3n) is 3.02. The van der Waals surface area contributed by atoms with Gasteiger partial charge in [0.25, 0.3) is 0 Å². The Balaban J connectivity index is 2.09. The van der Waals surface area contributed by atoms with Crippen LogP contribution >= 0.6 is 0 Å². The number of nitrogens with zero attached hydrogens (tertiary/aromatic N) is 3. The van der Waals surface area contributed by atoms with Gasteiger partial charge in [-0.25, -0.2) is 14.6 Å². The summed E-state index contributed by atoms with van der Waals surface area (Å²) in [7, 11) is 0. The lowest BCUT2D eigenvalue weighted by molar-refractivity contribution is -0.120. The molecule has 0 aliphatic carbocycles. The number of pyridine rings is 1. The maximum absolute atomic E-state index is 11.8. The number of urea groups is 1. The van der Waals surface area contributed by atoms with Gasteiger partial charge < -0.3 is 5.11 Å². The van der Waals surface area contributed by atoms with Gasteiger partial charge in [-0.15, -0.1) is 0 Å². The number of hydrogen-bond acceptors (Lipinski definition) is 4. The number of carboxylic acid groups (broad SMARTS) is 1. The largest absolute Gasteiger partial charge is 0.476 e. The van der Waals surface area contributed by atoms with Crippen LogP contribution < -0.4 is 10.2 Å². The minimum atomic E-state index is -1.14. The molecule has 0 unspecified atom stereocenters. The number of carbonyl (C=O) groups excluding carboxylic acids is 2. The number of fused-ring (bicyclic) bond motifs is 1. The van der Waals surface area contributed by atoms with Gasteiger partial charge in [-0.3, -0.25) is 19.4 Å². The SMILES string of the molecule is O=C1CCN(c2cccc3nc(C(=O)O)cn23)C(=O)N1. The van der Waals surface area contributed by atoms with Crippen molar-refractivity contribution in [2.45, 2.75) is 6.42 Å². The number of rotatable bonds is 2. The molecular formula is C12H10N4O4. The molecule has 0 spiro atoms. The van der Waals surface area contributed by atoms with Gasteiger partial charge in [0.05, 0.1) is 0 Å². The van der Waals surface area contributed by atoms with Crippen molar-refractivity contribution in [1.29, 1.82) is 0 Å². The number of imide groups is 1. The molecule has 3 rings (SSSR count). The summed E-state index contributed by atoms with van der Waals surface area (Å²) in [6.45, 7) is 0.240. The Labute approximate surface area is 112 Å². The van der Waals surface area contributed by atoms with Gasteiger partial charge in [-0.2, -0.15) is 0 Å². The van der Waals surface area contributed by atoms with Gasteiger partial charge in [-0.05, 0) is 12.1 Å². The van der Waals surface area contributed by atoms with Crippen LogP contribution in [0.1, 0.15) is 16.9 Å². The van der Waals surface area contributed by atoms with E-state index in [1.165, 1.54) is 15.5 Å². The first-order valence-electron chi connectivity index (χ1n) is 5.89. The molecule has 0 atom stereocenters. The lowest BCUT2D eigenvalue weighted by Crippen LogP contribution is -2.50. The molecule has 8 heteroatoms. The van der Waals surface area contributed by atoms with Crippen molar-refractivity contribution in [1.82, 2.24) is 14.7 Å². The Kier molecular flexibility index (Phi) is 2.63. The molecule has 1 aliphatic heterocycles. The first-order valence-corrected chi connectivity index (χ1v) is 5.89. The second-order valence-electron chi connectivity index (χ2n) is 4.30. The molecule has 1 saturated heterocycles. The van der Waals surface area contributed by atoms with Crippen LogP contribution in [0.2, 0.25) is 0 Å². The van der Waals surface area contributed by atoms with E-state index < -0.39 is 12.0 Å². The maximum atomic E-state index is 11.8. The summed E-state index contributed by atoms with van der Waals surface area (Å²) in [4.78, 5) is 39.3. The summed E-state index contributed by atoms with van der Waals surface area (Å²) in [6.07, 6.45) is 1.54. The van der Waals surface area contributed by atoms with Gasteiger partial charge in [0, 0.05) is 19.2 Å². The molecule has 3 heterocycles. The minimum Gasteiger partial charge on any atom is -0.476 e. The highest BCUT2D eigenvalue weighted by Gasteiger charge is 2.26. The summed E-state index contributed by atoms with van der Waals surface area (Å²) in [5.41, 5.74) is 0.315. The highest BCUT2D eigenvalue weighted by atomic mass is 16.4. The number of nitrogens with one attached hydrogen (secondary N) is 1. The van der Waals surface area contributed by atoms with Gasteiger partial charge >= 0.3 is 12.0 Å². The minimum absolute atomic E-state index is 0.106. The molecule has 102 valence electrons. The summed E-state index contributed by atoms with van der Waals surface area (Å²) in [6, 6.07) is 4.45. The molecule has 8 nitrogen and oxygen atoms in total. The second kappa shape index (κ2) is 4.34. The Hall–Kier alpha value is -2.90. The molecule has 0 aromatic carbocycles. The van der Waals surface area contributed by atoms with Crippen LogP contribution in [0, 0.1) is 0 Å². The number of carboxylic acids is 1. The predicted molar refractivity (Wildman–Crippen MR) is 67.7 cm³/mol. The van der Waals surface area contributed by atoms with Crippen molar-refractivity contribution in [2.75, 3.05) is 11.4 Å². The average molecular weight is 274 g/mol. The molecule has 2 aromatic heterocycles. The van der Waals surface area contributed by atoms with E-state index in [0.29, 0.717) is 11.5 Å². The summed E-state index contributed by atoms with van der Waals surface area (Å²) in [5, 5.41) is 11.2. The number of imidazole rings is 1. The maximum Gasteiger partial charge on any atom is 0.356 e. The van der Waals surface area contributed by atoms with Crippen molar-refractivity contribution in [2.24, 2.45) is 0 Å². The molecule has 1 aliphatic rings. The predicted octanol–water partition coefficient (Wildman–Crippen LogP) is 0.479. The lowest BCUT2D eigenvalue weighted by Gasteiger charge is -2.26. The van der Waals surface area contributed by atoms with E-state index >= 15 is 0 Å². The number of carbonyl (C=O) groups is 3. The van der Waals surface area contributed by atoms with Crippen LogP contribution in [0.5, 0.6) is 0 Å². The standard InChI is InChI=1S/C12H10N4O4/c17-9-4-5-15(12(20)14-9)10-3-1-2-8-13-7(11(18)19)6-16(8)10/h1-3,6H,4-5H2,(H,18,19)(H,14,17,20). The highest BCUT2D eigenvalue weighted by molar-refractivity contribution is 6.05. The van der Waals surface area contributed by atoms with Crippen LogP contribution in [-0.2, 0) is 4.79 Å². The number of hydrogen-bond donors (Lipinski definition) is 2. The van der Waals surface area contributed by atoms with E-state index in [1.54, 1.807) is 18.2 Å². The van der Waals surface area contributed by atoms with E-state index in [2.05, 4.69) is 10.3 Å². The van der Waals surface area contributed by atoms with Crippen molar-refractivity contribution in [3.05, 3.63) is 30.1 Å². The van der Waals surface area contributed by atoms with Gasteiger partial charge in [0.1, 0.15) is 11.5 Å². The van der Waals surface area contributed by atoms with E-state index in [4.69, 9.17) is 5.11 Å². The summed E-state index contributed by atoms with van der Waals surface area (Å²) >= 11 is 0. The Morgan fingerprint density at radius 1 is 1.35 bits per heavy atom. The number of aromatic nitrogens is 2. The summed E-state index contributed by atoms with van der Waals surface area (Å²) < 4.78 is 1.51. The number of amides is 3. The van der Waals surface area contributed by atoms with Crippen molar-refractivity contribution in [3.8, 4) is 0 Å². The molecule has 0 radical (unpaired) electrons. The molecule has 2 aromatic rings. The van der Waals surface area contributed by atoms with Crippen LogP contribution in [0.3, 0.4) is 0 Å². The van der Waals surface area contributed by atoms with E-state index in [-0.39, 0.29) is 24.6 Å². The highest BCUT2D eigenvalue weighted by Crippen LogP contribution is 2.19. The van der Waals surface area contributed by atoms with Gasteiger partial charge in [-0.1, -0.05) is 6.07 Å². The van der Waals surface area contributed by atoms with Crippen LogP contribution in [0.4, 0.5) is 10.6 Å². The van der Waals surface area contributed by atoms with Crippen molar-refractivity contribution < 1.29 is 19.5 Å². The Morgan fingerprint density at radius 2 is 2.15 bits per heavy atom. The first kappa shape index (κ1) is 12.2. The second-order valence-corrected chi connectivity index (χ2v) is 4.30. The number of anilines is 1. The molecular weight excluding hydrogens is 264 g/mol. The zero-order valence-corrected chi connectivity index (χ0v) is 10.2. The fourth-order valence-corrected chi connectivity index (χ4v) is 2.10. The molecule has 20 heavy (non-hydrogen) atoms. The third kappa shape index (κ3) is 1.87. The molecule has 0 saturated carbocycles. The quantitative estimate of drug-likeness (QED) is 0.828. The van der Waals surface area contributed by atoms with Crippen molar-refractivity contribution in [3.63, 3.8) is 0 Å². The van der Waals surface area contributed by atoms with Gasteiger partial charge in [0.15, 0.2) is 5.69 Å². The smallest absolute Gasteiger partial charge is 0.356 e. The Morgan fingerprint density at radius 3 is 2.85 bits per heavy atom. The first-order chi connectivity index (χ1) is 9.56. The number of aromatic carboxylic acids is 1. The topological polar surface area (TPSA) is 104 Å². The van der Waals surface area contributed by atoms with Crippen LogP contribution in [0.15, 0.2) is 24.4 Å². The van der Waals surface area contributed by atoms with Crippen LogP contribution in [-0.4, -0.2) is 38.9 Å². The molecule has 2 N–H and O–H groups in total. The van der Waals surface area contributed by atoms with E-state index in [1.807, 2.05) is 0 Å². The van der Waals surface area contributed by atoms with Crippen LogP contribution in [0.25, 0.3) is 5.65 Å². The van der Waals surface area contributed by atoms with Gasteiger partial charge in [0.2, 0.25) is 5.91 Å². The summed E-state index contributed by atoms with van der Waals surface area (Å²) in [5.74, 6) is -0.999.